The zero-order valence-corrected chi connectivity index (χ0v) is 20.8. The number of nitrogens with one attached hydrogen (secondary N) is 1. The monoisotopic (exact) mass is 496 g/mol. The van der Waals surface area contributed by atoms with Crippen molar-refractivity contribution < 1.29 is 9.53 Å². The Morgan fingerprint density at radius 3 is 2.22 bits per heavy atom. The van der Waals surface area contributed by atoms with Gasteiger partial charge in [0.1, 0.15) is 17.8 Å². The Balaban J connectivity index is 1.62. The van der Waals surface area contributed by atoms with Crippen molar-refractivity contribution in [2.24, 2.45) is 7.05 Å². The predicted octanol–water partition coefficient (Wildman–Crippen LogP) is 3.22. The molecule has 0 atom stereocenters. The molecule has 0 aliphatic carbocycles. The van der Waals surface area contributed by atoms with Crippen molar-refractivity contribution >= 4 is 27.8 Å². The lowest BCUT2D eigenvalue weighted by Gasteiger charge is -2.13. The maximum Gasteiger partial charge on any atom is 0.332 e. The first-order valence-electron chi connectivity index (χ1n) is 12.1. The van der Waals surface area contributed by atoms with Gasteiger partial charge in [0.15, 0.2) is 0 Å². The highest BCUT2D eigenvalue weighted by atomic mass is 16.5. The molecule has 0 aliphatic rings. The van der Waals surface area contributed by atoms with Crippen LogP contribution in [-0.2, 0) is 37.9 Å². The van der Waals surface area contributed by atoms with Gasteiger partial charge in [-0.3, -0.25) is 18.7 Å². The van der Waals surface area contributed by atoms with E-state index in [1.165, 1.54) is 9.13 Å². The van der Waals surface area contributed by atoms with Crippen molar-refractivity contribution in [1.82, 2.24) is 19.0 Å². The van der Waals surface area contributed by atoms with E-state index in [0.29, 0.717) is 35.1 Å². The molecule has 0 aliphatic heterocycles. The molecule has 0 radical (unpaired) electrons. The quantitative estimate of drug-likeness (QED) is 0.357. The van der Waals surface area contributed by atoms with Crippen LogP contribution in [0.2, 0.25) is 0 Å². The van der Waals surface area contributed by atoms with E-state index in [0.717, 1.165) is 16.6 Å². The summed E-state index contributed by atoms with van der Waals surface area (Å²) in [5, 5.41) is 3.57. The Morgan fingerprint density at radius 1 is 0.865 bits per heavy atom. The summed E-state index contributed by atoms with van der Waals surface area (Å²) < 4.78 is 9.82. The largest absolute Gasteiger partial charge is 0.497 e. The topological polar surface area (TPSA) is 87.3 Å². The molecule has 0 fully saturated rings. The lowest BCUT2D eigenvalue weighted by Crippen LogP contribution is -2.43. The number of ether oxygens (including phenoxy) is 1. The van der Waals surface area contributed by atoms with Gasteiger partial charge < -0.3 is 14.6 Å². The van der Waals surface area contributed by atoms with Gasteiger partial charge in [0.2, 0.25) is 5.91 Å². The average Bonchev–Trinajstić information content (AvgIpc) is 3.22. The fourth-order valence-corrected chi connectivity index (χ4v) is 4.73. The van der Waals surface area contributed by atoms with Crippen LogP contribution < -0.4 is 21.3 Å². The average molecular weight is 497 g/mol. The summed E-state index contributed by atoms with van der Waals surface area (Å²) in [7, 11) is 3.36. The molecule has 8 heteroatoms. The fourth-order valence-electron chi connectivity index (χ4n) is 4.73. The molecule has 37 heavy (non-hydrogen) atoms. The van der Waals surface area contributed by atoms with Crippen LogP contribution in [0, 0.1) is 0 Å². The van der Waals surface area contributed by atoms with E-state index < -0.39 is 5.69 Å². The van der Waals surface area contributed by atoms with Gasteiger partial charge in [-0.05, 0) is 35.7 Å². The third-order valence-corrected chi connectivity index (χ3v) is 6.66. The van der Waals surface area contributed by atoms with Gasteiger partial charge in [-0.2, -0.15) is 0 Å². The van der Waals surface area contributed by atoms with Crippen LogP contribution in [0.25, 0.3) is 21.9 Å². The van der Waals surface area contributed by atoms with E-state index in [-0.39, 0.29) is 24.6 Å². The molecule has 5 aromatic rings. The second kappa shape index (κ2) is 10.2. The second-order valence-electron chi connectivity index (χ2n) is 8.96. The fraction of sp³-hybridized carbons (Fsp3) is 0.207. The second-order valence-corrected chi connectivity index (χ2v) is 8.96. The van der Waals surface area contributed by atoms with Crippen LogP contribution in [0.4, 0.5) is 0 Å². The number of amides is 1. The van der Waals surface area contributed by atoms with E-state index in [1.54, 1.807) is 24.8 Å². The Morgan fingerprint density at radius 2 is 1.54 bits per heavy atom. The molecular weight excluding hydrogens is 468 g/mol. The molecule has 1 amide bonds. The minimum atomic E-state index is -0.515. The lowest BCUT2D eigenvalue weighted by atomic mass is 10.1. The first-order chi connectivity index (χ1) is 18.0. The summed E-state index contributed by atoms with van der Waals surface area (Å²) in [6, 6.07) is 24.7. The highest BCUT2D eigenvalue weighted by Gasteiger charge is 2.22. The van der Waals surface area contributed by atoms with E-state index in [4.69, 9.17) is 4.74 Å². The zero-order chi connectivity index (χ0) is 25.9. The number of carbonyl (C=O) groups excluding carboxylic acids is 1. The molecule has 8 nitrogen and oxygen atoms in total. The van der Waals surface area contributed by atoms with E-state index in [9.17, 15) is 14.4 Å². The standard InChI is InChI=1S/C29H28N4O4/c1-31-24-14-13-22(37-2)17-23(24)26-27(31)28(35)32(16-15-20-9-5-3-6-10-20)29(36)33(26)19-25(34)30-18-21-11-7-4-8-12-21/h3-14,17H,15-16,18-19H2,1-2H3,(H,30,34). The smallest absolute Gasteiger partial charge is 0.332 e. The Hall–Kier alpha value is -4.59. The lowest BCUT2D eigenvalue weighted by molar-refractivity contribution is -0.121. The Bertz CT molecular complexity index is 1700. The van der Waals surface area contributed by atoms with Crippen LogP contribution in [0.5, 0.6) is 5.75 Å². The number of hydrogen-bond acceptors (Lipinski definition) is 4. The SMILES string of the molecule is COc1ccc2c(c1)c1c(c(=O)n(CCc3ccccc3)c(=O)n1CC(=O)NCc1ccccc1)n2C. The van der Waals surface area contributed by atoms with Crippen LogP contribution >= 0.6 is 0 Å². The number of methoxy groups -OCH3 is 1. The summed E-state index contributed by atoms with van der Waals surface area (Å²) in [4.78, 5) is 40.4. The van der Waals surface area contributed by atoms with Crippen molar-refractivity contribution in [3.8, 4) is 5.75 Å². The number of hydrogen-bond donors (Lipinski definition) is 1. The molecule has 0 spiro atoms. The molecule has 1 N–H and O–H groups in total. The van der Waals surface area contributed by atoms with Crippen LogP contribution in [0.1, 0.15) is 11.1 Å². The van der Waals surface area contributed by atoms with Crippen molar-refractivity contribution in [2.75, 3.05) is 7.11 Å². The zero-order valence-electron chi connectivity index (χ0n) is 20.8. The molecule has 0 saturated carbocycles. The molecular formula is C29H28N4O4. The summed E-state index contributed by atoms with van der Waals surface area (Å²) in [5.41, 5.74) is 2.64. The normalized spacial score (nSPS) is 11.2. The maximum atomic E-state index is 13.7. The van der Waals surface area contributed by atoms with Crippen LogP contribution in [0.15, 0.2) is 88.5 Å². The molecule has 3 aromatic carbocycles. The molecule has 0 bridgehead atoms. The highest BCUT2D eigenvalue weighted by Crippen LogP contribution is 2.29. The van der Waals surface area contributed by atoms with Crippen LogP contribution in [-0.4, -0.2) is 26.7 Å². The summed E-state index contributed by atoms with van der Waals surface area (Å²) >= 11 is 0. The van der Waals surface area contributed by atoms with Crippen molar-refractivity contribution in [3.05, 3.63) is 111 Å². The number of fused-ring (bicyclic) bond motifs is 3. The van der Waals surface area contributed by atoms with Gasteiger partial charge in [0.05, 0.1) is 18.1 Å². The molecule has 2 heterocycles. The third kappa shape index (κ3) is 4.65. The van der Waals surface area contributed by atoms with Crippen LogP contribution in [0.3, 0.4) is 0 Å². The van der Waals surface area contributed by atoms with E-state index in [2.05, 4.69) is 5.32 Å². The summed E-state index contributed by atoms with van der Waals surface area (Å²) in [5.74, 6) is 0.279. The van der Waals surface area contributed by atoms with Gasteiger partial charge in [0.25, 0.3) is 5.56 Å². The maximum absolute atomic E-state index is 13.7. The number of aryl methyl sites for hydroxylation is 2. The number of rotatable bonds is 8. The Labute approximate surface area is 213 Å². The first kappa shape index (κ1) is 24.1. The number of benzene rings is 3. The minimum absolute atomic E-state index is 0.202. The predicted molar refractivity (Wildman–Crippen MR) is 144 cm³/mol. The Kier molecular flexibility index (Phi) is 6.64. The van der Waals surface area contributed by atoms with Crippen molar-refractivity contribution in [2.45, 2.75) is 26.1 Å². The van der Waals surface area contributed by atoms with Gasteiger partial charge in [-0.1, -0.05) is 60.7 Å². The highest BCUT2D eigenvalue weighted by molar-refractivity contribution is 6.06. The number of aromatic nitrogens is 3. The number of carbonyl (C=O) groups is 1. The first-order valence-corrected chi connectivity index (χ1v) is 12.1. The third-order valence-electron chi connectivity index (χ3n) is 6.66. The van der Waals surface area contributed by atoms with Gasteiger partial charge in [0, 0.05) is 25.5 Å². The molecule has 0 saturated heterocycles. The summed E-state index contributed by atoms with van der Waals surface area (Å²) in [6.07, 6.45) is 0.513. The number of nitrogens with zero attached hydrogens (tertiary/aromatic N) is 3. The van der Waals surface area contributed by atoms with Gasteiger partial charge >= 0.3 is 5.69 Å². The van der Waals surface area contributed by atoms with Crippen molar-refractivity contribution in [1.29, 1.82) is 0 Å². The molecule has 188 valence electrons. The summed E-state index contributed by atoms with van der Waals surface area (Å²) in [6.45, 7) is 0.326. The molecule has 0 unspecified atom stereocenters. The molecule has 2 aromatic heterocycles. The minimum Gasteiger partial charge on any atom is -0.497 e. The van der Waals surface area contributed by atoms with Crippen molar-refractivity contribution in [3.63, 3.8) is 0 Å². The van der Waals surface area contributed by atoms with E-state index in [1.807, 2.05) is 72.8 Å². The van der Waals surface area contributed by atoms with Gasteiger partial charge in [-0.15, -0.1) is 0 Å². The molecule has 5 rings (SSSR count). The van der Waals surface area contributed by atoms with E-state index >= 15 is 0 Å². The van der Waals surface area contributed by atoms with Gasteiger partial charge in [-0.25, -0.2) is 4.79 Å².